The van der Waals surface area contributed by atoms with Crippen LogP contribution in [0.1, 0.15) is 34.1 Å². The van der Waals surface area contributed by atoms with E-state index < -0.39 is 0 Å². The number of aromatic nitrogens is 1. The second kappa shape index (κ2) is 5.16. The van der Waals surface area contributed by atoms with Crippen molar-refractivity contribution in [3.8, 4) is 0 Å². The van der Waals surface area contributed by atoms with Crippen LogP contribution in [-0.2, 0) is 16.1 Å². The van der Waals surface area contributed by atoms with E-state index in [0.717, 1.165) is 5.69 Å². The van der Waals surface area contributed by atoms with Gasteiger partial charge < -0.3 is 9.30 Å². The Bertz CT molecular complexity index is 703. The Morgan fingerprint density at radius 2 is 1.90 bits per heavy atom. The summed E-state index contributed by atoms with van der Waals surface area (Å²) in [6, 6.07) is 8.94. The maximum atomic E-state index is 12.9. The van der Waals surface area contributed by atoms with Crippen molar-refractivity contribution < 1.29 is 18.7 Å². The third kappa shape index (κ3) is 2.24. The summed E-state index contributed by atoms with van der Waals surface area (Å²) in [6.45, 7) is 0.602. The van der Waals surface area contributed by atoms with E-state index in [0.29, 0.717) is 24.2 Å². The average Bonchev–Trinajstić information content (AvgIpc) is 3.08. The molecule has 0 spiro atoms. The molecule has 2 heterocycles. The Morgan fingerprint density at radius 3 is 2.57 bits per heavy atom. The molecule has 1 atom stereocenters. The second-order valence-electron chi connectivity index (χ2n) is 5.00. The van der Waals surface area contributed by atoms with Crippen LogP contribution < -0.4 is 0 Å². The van der Waals surface area contributed by atoms with Gasteiger partial charge in [0.2, 0.25) is 5.78 Å². The summed E-state index contributed by atoms with van der Waals surface area (Å²) in [7, 11) is 1.36. The number of fused-ring (bicyclic) bond motifs is 1. The van der Waals surface area contributed by atoms with Gasteiger partial charge in [-0.15, -0.1) is 0 Å². The first-order chi connectivity index (χ1) is 10.1. The van der Waals surface area contributed by atoms with Crippen LogP contribution in [0.25, 0.3) is 0 Å². The molecule has 108 valence electrons. The van der Waals surface area contributed by atoms with Crippen LogP contribution >= 0.6 is 0 Å². The molecule has 5 heteroatoms. The lowest BCUT2D eigenvalue weighted by atomic mass is 10.1. The number of carbonyl (C=O) groups excluding carboxylic acids is 2. The van der Waals surface area contributed by atoms with E-state index in [1.807, 2.05) is 4.57 Å². The summed E-state index contributed by atoms with van der Waals surface area (Å²) in [5.74, 6) is -1.15. The molecule has 2 aromatic rings. The average molecular weight is 287 g/mol. The number of benzene rings is 1. The highest BCUT2D eigenvalue weighted by molar-refractivity contribution is 6.08. The molecule has 0 radical (unpaired) electrons. The molecular weight excluding hydrogens is 273 g/mol. The Kier molecular flexibility index (Phi) is 3.33. The summed E-state index contributed by atoms with van der Waals surface area (Å²) in [6.07, 6.45) is 0.631. The number of carbonyl (C=O) groups is 2. The molecule has 1 aromatic carbocycles. The molecule has 0 amide bonds. The van der Waals surface area contributed by atoms with E-state index in [1.54, 1.807) is 12.1 Å². The van der Waals surface area contributed by atoms with Gasteiger partial charge in [0.25, 0.3) is 0 Å². The molecule has 1 aliphatic rings. The predicted molar refractivity (Wildman–Crippen MR) is 73.6 cm³/mol. The van der Waals surface area contributed by atoms with Crippen molar-refractivity contribution in [3.63, 3.8) is 0 Å². The predicted octanol–water partition coefficient (Wildman–Crippen LogP) is 2.52. The summed E-state index contributed by atoms with van der Waals surface area (Å²) in [5.41, 5.74) is 1.74. The van der Waals surface area contributed by atoms with Crippen LogP contribution in [0.3, 0.4) is 0 Å². The zero-order chi connectivity index (χ0) is 15.0. The monoisotopic (exact) mass is 287 g/mol. The molecule has 0 fully saturated rings. The van der Waals surface area contributed by atoms with E-state index in [-0.39, 0.29) is 23.5 Å². The van der Waals surface area contributed by atoms with Gasteiger partial charge in [-0.3, -0.25) is 9.59 Å². The van der Waals surface area contributed by atoms with E-state index in [1.165, 1.54) is 31.4 Å². The standard InChI is InChI=1S/C16H14FNO3/c1-21-16(20)12-8-9-18-13(12)6-7-14(18)15(19)10-2-4-11(17)5-3-10/h2-7,12H,8-9H2,1H3/t12-/m1/s1. The van der Waals surface area contributed by atoms with Crippen molar-refractivity contribution in [3.05, 3.63) is 59.2 Å². The zero-order valence-electron chi connectivity index (χ0n) is 11.5. The molecule has 4 nitrogen and oxygen atoms in total. The minimum atomic E-state index is -0.377. The molecule has 3 rings (SSSR count). The number of nitrogens with zero attached hydrogens (tertiary/aromatic N) is 1. The van der Waals surface area contributed by atoms with Crippen LogP contribution in [0.15, 0.2) is 36.4 Å². The van der Waals surface area contributed by atoms with Crippen LogP contribution in [0, 0.1) is 5.82 Å². The van der Waals surface area contributed by atoms with Crippen molar-refractivity contribution in [1.29, 1.82) is 0 Å². The first kappa shape index (κ1) is 13.5. The van der Waals surface area contributed by atoms with Gasteiger partial charge in [-0.25, -0.2) is 4.39 Å². The largest absolute Gasteiger partial charge is 0.469 e. The maximum Gasteiger partial charge on any atom is 0.314 e. The number of hydrogen-bond donors (Lipinski definition) is 0. The second-order valence-corrected chi connectivity index (χ2v) is 5.00. The lowest BCUT2D eigenvalue weighted by molar-refractivity contribution is -0.142. The first-order valence-electron chi connectivity index (χ1n) is 6.69. The minimum Gasteiger partial charge on any atom is -0.469 e. The Hall–Kier alpha value is -2.43. The van der Waals surface area contributed by atoms with Crippen LogP contribution in [0.2, 0.25) is 0 Å². The number of ether oxygens (including phenoxy) is 1. The smallest absolute Gasteiger partial charge is 0.314 e. The fraction of sp³-hybridized carbons (Fsp3) is 0.250. The highest BCUT2D eigenvalue weighted by Gasteiger charge is 2.32. The first-order valence-corrected chi connectivity index (χ1v) is 6.69. The number of rotatable bonds is 3. The highest BCUT2D eigenvalue weighted by Crippen LogP contribution is 2.32. The molecule has 0 saturated carbocycles. The van der Waals surface area contributed by atoms with Crippen molar-refractivity contribution in [2.24, 2.45) is 0 Å². The van der Waals surface area contributed by atoms with Gasteiger partial charge >= 0.3 is 5.97 Å². The summed E-state index contributed by atoms with van der Waals surface area (Å²) in [4.78, 5) is 24.2. The van der Waals surface area contributed by atoms with Gasteiger partial charge in [0.05, 0.1) is 18.7 Å². The van der Waals surface area contributed by atoms with Gasteiger partial charge in [-0.1, -0.05) is 0 Å². The number of halogens is 1. The van der Waals surface area contributed by atoms with E-state index >= 15 is 0 Å². The lowest BCUT2D eigenvalue weighted by Gasteiger charge is -2.06. The number of ketones is 1. The SMILES string of the molecule is COC(=O)[C@@H]1CCn2c(C(=O)c3ccc(F)cc3)ccc21. The topological polar surface area (TPSA) is 48.3 Å². The number of methoxy groups -OCH3 is 1. The Morgan fingerprint density at radius 1 is 1.19 bits per heavy atom. The molecule has 0 aliphatic carbocycles. The number of esters is 1. The summed E-state index contributed by atoms with van der Waals surface area (Å²) in [5, 5.41) is 0. The van der Waals surface area contributed by atoms with Gasteiger partial charge in [0, 0.05) is 17.8 Å². The molecule has 0 bridgehead atoms. The van der Waals surface area contributed by atoms with E-state index in [9.17, 15) is 14.0 Å². The third-order valence-electron chi connectivity index (χ3n) is 3.84. The van der Waals surface area contributed by atoms with Crippen LogP contribution in [0.5, 0.6) is 0 Å². The van der Waals surface area contributed by atoms with Crippen molar-refractivity contribution in [2.45, 2.75) is 18.9 Å². The van der Waals surface area contributed by atoms with Crippen LogP contribution in [0.4, 0.5) is 4.39 Å². The van der Waals surface area contributed by atoms with Gasteiger partial charge in [-0.2, -0.15) is 0 Å². The van der Waals surface area contributed by atoms with Gasteiger partial charge in [-0.05, 0) is 42.8 Å². The highest BCUT2D eigenvalue weighted by atomic mass is 19.1. The maximum absolute atomic E-state index is 12.9. The van der Waals surface area contributed by atoms with E-state index in [4.69, 9.17) is 4.74 Å². The fourth-order valence-electron chi connectivity index (χ4n) is 2.77. The normalized spacial score (nSPS) is 16.6. The van der Waals surface area contributed by atoms with Gasteiger partial charge in [0.15, 0.2) is 0 Å². The Labute approximate surface area is 121 Å². The van der Waals surface area contributed by atoms with Gasteiger partial charge in [0.1, 0.15) is 5.82 Å². The van der Waals surface area contributed by atoms with Crippen molar-refractivity contribution >= 4 is 11.8 Å². The summed E-state index contributed by atoms with van der Waals surface area (Å²) < 4.78 is 19.5. The lowest BCUT2D eigenvalue weighted by Crippen LogP contribution is -2.11. The fourth-order valence-corrected chi connectivity index (χ4v) is 2.77. The Balaban J connectivity index is 1.93. The van der Waals surface area contributed by atoms with Crippen molar-refractivity contribution in [2.75, 3.05) is 7.11 Å². The molecule has 0 saturated heterocycles. The minimum absolute atomic E-state index is 0.174. The molecule has 21 heavy (non-hydrogen) atoms. The molecule has 0 N–H and O–H groups in total. The van der Waals surface area contributed by atoms with Crippen molar-refractivity contribution in [1.82, 2.24) is 4.57 Å². The zero-order valence-corrected chi connectivity index (χ0v) is 11.5. The summed E-state index contributed by atoms with van der Waals surface area (Å²) >= 11 is 0. The molecular formula is C16H14FNO3. The van der Waals surface area contributed by atoms with E-state index in [2.05, 4.69) is 0 Å². The quantitative estimate of drug-likeness (QED) is 0.644. The third-order valence-corrected chi connectivity index (χ3v) is 3.84. The molecule has 0 unspecified atom stereocenters. The van der Waals surface area contributed by atoms with Crippen LogP contribution in [-0.4, -0.2) is 23.4 Å². The molecule has 1 aliphatic heterocycles. The molecule has 1 aromatic heterocycles. The number of hydrogen-bond acceptors (Lipinski definition) is 3.